The molecule has 0 aliphatic carbocycles. The standard InChI is InChI=1S/C17H22N2O2/c1-11-7-8-15(14(9-11)17(3,4)5)21-16-13(10-20)12(2)18-19(16)6/h7-10H,1-6H3. The average Bonchev–Trinajstić information content (AvgIpc) is 2.64. The Kier molecular flexibility index (Phi) is 3.90. The van der Waals surface area contributed by atoms with Crippen LogP contribution in [0.4, 0.5) is 0 Å². The van der Waals surface area contributed by atoms with Gasteiger partial charge in [0.15, 0.2) is 6.29 Å². The van der Waals surface area contributed by atoms with Crippen LogP contribution < -0.4 is 4.74 Å². The van der Waals surface area contributed by atoms with Gasteiger partial charge in [-0.1, -0.05) is 38.5 Å². The van der Waals surface area contributed by atoms with Crippen LogP contribution in [-0.2, 0) is 12.5 Å². The van der Waals surface area contributed by atoms with E-state index in [4.69, 9.17) is 4.74 Å². The third kappa shape index (κ3) is 2.99. The minimum Gasteiger partial charge on any atom is -0.438 e. The number of aryl methyl sites for hydroxylation is 3. The van der Waals surface area contributed by atoms with Crippen LogP contribution in [0.2, 0.25) is 0 Å². The van der Waals surface area contributed by atoms with Crippen LogP contribution in [0.1, 0.15) is 48.0 Å². The van der Waals surface area contributed by atoms with Crippen molar-refractivity contribution in [2.75, 3.05) is 0 Å². The topological polar surface area (TPSA) is 44.1 Å². The summed E-state index contributed by atoms with van der Waals surface area (Å²) in [6.07, 6.45) is 0.794. The molecule has 0 unspecified atom stereocenters. The fourth-order valence-electron chi connectivity index (χ4n) is 2.33. The maximum absolute atomic E-state index is 11.3. The number of aromatic nitrogens is 2. The van der Waals surface area contributed by atoms with Gasteiger partial charge in [-0.2, -0.15) is 5.10 Å². The van der Waals surface area contributed by atoms with E-state index in [1.165, 1.54) is 5.56 Å². The molecule has 0 aliphatic heterocycles. The molecular formula is C17H22N2O2. The van der Waals surface area contributed by atoms with Crippen molar-refractivity contribution in [1.82, 2.24) is 9.78 Å². The zero-order valence-electron chi connectivity index (χ0n) is 13.5. The van der Waals surface area contributed by atoms with Gasteiger partial charge < -0.3 is 4.74 Å². The number of carbonyl (C=O) groups is 1. The summed E-state index contributed by atoms with van der Waals surface area (Å²) in [5.74, 6) is 1.25. The van der Waals surface area contributed by atoms with Gasteiger partial charge in [-0.25, -0.2) is 4.68 Å². The molecule has 1 aromatic carbocycles. The van der Waals surface area contributed by atoms with Crippen LogP contribution in [-0.4, -0.2) is 16.1 Å². The first kappa shape index (κ1) is 15.3. The Labute approximate surface area is 125 Å². The second-order valence-electron chi connectivity index (χ2n) is 6.40. The van der Waals surface area contributed by atoms with Crippen LogP contribution in [0.5, 0.6) is 11.6 Å². The summed E-state index contributed by atoms with van der Waals surface area (Å²) in [5.41, 5.74) is 3.42. The summed E-state index contributed by atoms with van der Waals surface area (Å²) >= 11 is 0. The molecule has 4 heteroatoms. The lowest BCUT2D eigenvalue weighted by Crippen LogP contribution is -2.13. The van der Waals surface area contributed by atoms with E-state index in [-0.39, 0.29) is 5.41 Å². The van der Waals surface area contributed by atoms with Gasteiger partial charge in [-0.15, -0.1) is 0 Å². The quantitative estimate of drug-likeness (QED) is 0.803. The number of ether oxygens (including phenoxy) is 1. The van der Waals surface area contributed by atoms with Gasteiger partial charge in [0, 0.05) is 12.6 Å². The molecule has 0 fully saturated rings. The molecule has 0 spiro atoms. The van der Waals surface area contributed by atoms with E-state index in [1.54, 1.807) is 18.7 Å². The number of aldehydes is 1. The third-order valence-electron chi connectivity index (χ3n) is 3.48. The highest BCUT2D eigenvalue weighted by molar-refractivity contribution is 5.80. The largest absolute Gasteiger partial charge is 0.438 e. The summed E-state index contributed by atoms with van der Waals surface area (Å²) in [6, 6.07) is 6.08. The fourth-order valence-corrected chi connectivity index (χ4v) is 2.33. The number of hydrogen-bond donors (Lipinski definition) is 0. The average molecular weight is 286 g/mol. The van der Waals surface area contributed by atoms with Gasteiger partial charge in [0.2, 0.25) is 5.88 Å². The van der Waals surface area contributed by atoms with Gasteiger partial charge in [0.1, 0.15) is 5.75 Å². The molecule has 4 nitrogen and oxygen atoms in total. The molecule has 0 bridgehead atoms. The van der Waals surface area contributed by atoms with Crippen LogP contribution >= 0.6 is 0 Å². The number of hydrogen-bond acceptors (Lipinski definition) is 3. The Morgan fingerprint density at radius 2 is 1.90 bits per heavy atom. The van der Waals surface area contributed by atoms with Crippen LogP contribution in [0.3, 0.4) is 0 Å². The zero-order chi connectivity index (χ0) is 15.8. The van der Waals surface area contributed by atoms with E-state index in [0.717, 1.165) is 17.6 Å². The zero-order valence-corrected chi connectivity index (χ0v) is 13.5. The van der Waals surface area contributed by atoms with Gasteiger partial charge in [0.05, 0.1) is 11.3 Å². The van der Waals surface area contributed by atoms with Crippen molar-refractivity contribution in [1.29, 1.82) is 0 Å². The first-order valence-electron chi connectivity index (χ1n) is 7.02. The number of nitrogens with zero attached hydrogens (tertiary/aromatic N) is 2. The Morgan fingerprint density at radius 1 is 1.24 bits per heavy atom. The van der Waals surface area contributed by atoms with Crippen LogP contribution in [0.15, 0.2) is 18.2 Å². The smallest absolute Gasteiger partial charge is 0.228 e. The molecule has 0 radical (unpaired) electrons. The maximum Gasteiger partial charge on any atom is 0.228 e. The predicted octanol–water partition coefficient (Wildman–Crippen LogP) is 3.94. The van der Waals surface area contributed by atoms with Crippen molar-refractivity contribution in [2.24, 2.45) is 7.05 Å². The lowest BCUT2D eigenvalue weighted by atomic mass is 9.85. The highest BCUT2D eigenvalue weighted by atomic mass is 16.5. The Morgan fingerprint density at radius 3 is 2.48 bits per heavy atom. The molecule has 1 heterocycles. The number of benzene rings is 1. The Balaban J connectivity index is 2.53. The highest BCUT2D eigenvalue weighted by Gasteiger charge is 2.22. The summed E-state index contributed by atoms with van der Waals surface area (Å²) in [6.45, 7) is 10.3. The second-order valence-corrected chi connectivity index (χ2v) is 6.40. The molecule has 0 aliphatic rings. The van der Waals surface area contributed by atoms with Crippen molar-refractivity contribution < 1.29 is 9.53 Å². The Bertz CT molecular complexity index is 679. The van der Waals surface area contributed by atoms with Crippen molar-refractivity contribution >= 4 is 6.29 Å². The first-order chi connectivity index (χ1) is 9.74. The lowest BCUT2D eigenvalue weighted by molar-refractivity contribution is 0.112. The van der Waals surface area contributed by atoms with Crippen LogP contribution in [0, 0.1) is 13.8 Å². The monoisotopic (exact) mass is 286 g/mol. The number of carbonyl (C=O) groups excluding carboxylic acids is 1. The molecule has 2 rings (SSSR count). The predicted molar refractivity (Wildman–Crippen MR) is 83.3 cm³/mol. The molecule has 21 heavy (non-hydrogen) atoms. The Hall–Kier alpha value is -2.10. The highest BCUT2D eigenvalue weighted by Crippen LogP contribution is 2.35. The third-order valence-corrected chi connectivity index (χ3v) is 3.48. The molecule has 0 amide bonds. The molecule has 112 valence electrons. The van der Waals surface area contributed by atoms with Crippen molar-refractivity contribution in [3.8, 4) is 11.6 Å². The second kappa shape index (κ2) is 5.35. The van der Waals surface area contributed by atoms with Gasteiger partial charge >= 0.3 is 0 Å². The molecular weight excluding hydrogens is 264 g/mol. The normalized spacial score (nSPS) is 11.5. The molecule has 2 aromatic rings. The summed E-state index contributed by atoms with van der Waals surface area (Å²) in [5, 5.41) is 4.25. The maximum atomic E-state index is 11.3. The van der Waals surface area contributed by atoms with Gasteiger partial charge in [0.25, 0.3) is 0 Å². The van der Waals surface area contributed by atoms with E-state index in [0.29, 0.717) is 17.1 Å². The SMILES string of the molecule is Cc1ccc(Oc2c(C=O)c(C)nn2C)c(C(C)(C)C)c1. The van der Waals surface area contributed by atoms with Gasteiger partial charge in [-0.3, -0.25) is 4.79 Å². The first-order valence-corrected chi connectivity index (χ1v) is 7.02. The molecule has 1 aromatic heterocycles. The fraction of sp³-hybridized carbons (Fsp3) is 0.412. The summed E-state index contributed by atoms with van der Waals surface area (Å²) < 4.78 is 7.64. The van der Waals surface area contributed by atoms with Crippen LogP contribution in [0.25, 0.3) is 0 Å². The molecule has 0 N–H and O–H groups in total. The van der Waals surface area contributed by atoms with E-state index in [9.17, 15) is 4.79 Å². The van der Waals surface area contributed by atoms with E-state index in [2.05, 4.69) is 38.9 Å². The minimum absolute atomic E-state index is 0.0453. The summed E-state index contributed by atoms with van der Waals surface area (Å²) in [7, 11) is 1.78. The minimum atomic E-state index is -0.0453. The van der Waals surface area contributed by atoms with Crippen molar-refractivity contribution in [3.05, 3.63) is 40.6 Å². The van der Waals surface area contributed by atoms with Crippen molar-refractivity contribution in [2.45, 2.75) is 40.0 Å². The van der Waals surface area contributed by atoms with E-state index < -0.39 is 0 Å². The number of rotatable bonds is 3. The van der Waals surface area contributed by atoms with Crippen molar-refractivity contribution in [3.63, 3.8) is 0 Å². The molecule has 0 saturated heterocycles. The van der Waals surface area contributed by atoms with Gasteiger partial charge in [-0.05, 0) is 25.3 Å². The molecule has 0 atom stereocenters. The summed E-state index contributed by atoms with van der Waals surface area (Å²) in [4.78, 5) is 11.3. The molecule has 0 saturated carbocycles. The van der Waals surface area contributed by atoms with E-state index >= 15 is 0 Å². The lowest BCUT2D eigenvalue weighted by Gasteiger charge is -2.23. The van der Waals surface area contributed by atoms with E-state index in [1.807, 2.05) is 12.1 Å².